The van der Waals surface area contributed by atoms with Crippen molar-refractivity contribution in [1.82, 2.24) is 4.72 Å². The van der Waals surface area contributed by atoms with Crippen molar-refractivity contribution in [2.75, 3.05) is 18.9 Å². The highest BCUT2D eigenvalue weighted by atomic mass is 32.2. The van der Waals surface area contributed by atoms with Crippen molar-refractivity contribution in [3.05, 3.63) is 23.8 Å². The summed E-state index contributed by atoms with van der Waals surface area (Å²) in [6, 6.07) is 5.00. The van der Waals surface area contributed by atoms with Gasteiger partial charge in [-0.05, 0) is 30.4 Å². The molecule has 0 aliphatic rings. The molecule has 0 saturated carbocycles. The van der Waals surface area contributed by atoms with Crippen LogP contribution in [-0.2, 0) is 10.0 Å². The van der Waals surface area contributed by atoms with Gasteiger partial charge in [-0.3, -0.25) is 0 Å². The molecule has 0 fully saturated rings. The summed E-state index contributed by atoms with van der Waals surface area (Å²) < 4.78 is 27.1. The van der Waals surface area contributed by atoms with Crippen LogP contribution in [0.1, 0.15) is 25.8 Å². The van der Waals surface area contributed by atoms with Gasteiger partial charge in [0.1, 0.15) is 4.90 Å². The number of aryl methyl sites for hydroxylation is 1. The highest BCUT2D eigenvalue weighted by Gasteiger charge is 2.24. The van der Waals surface area contributed by atoms with Crippen LogP contribution in [0.3, 0.4) is 0 Å². The zero-order valence-corrected chi connectivity index (χ0v) is 12.4. The Morgan fingerprint density at radius 2 is 2.00 bits per heavy atom. The van der Waals surface area contributed by atoms with Gasteiger partial charge < -0.3 is 10.8 Å². The fraction of sp³-hybridized carbons (Fsp3) is 0.538. The highest BCUT2D eigenvalue weighted by Crippen LogP contribution is 2.24. The number of benzene rings is 1. The lowest BCUT2D eigenvalue weighted by Gasteiger charge is -2.24. The van der Waals surface area contributed by atoms with Crippen molar-refractivity contribution in [2.45, 2.75) is 32.1 Å². The molecule has 0 heterocycles. The van der Waals surface area contributed by atoms with Crippen LogP contribution in [0.4, 0.5) is 5.69 Å². The van der Waals surface area contributed by atoms with Gasteiger partial charge in [-0.2, -0.15) is 0 Å². The van der Waals surface area contributed by atoms with Gasteiger partial charge in [0.05, 0.1) is 5.69 Å². The number of hydrogen-bond acceptors (Lipinski definition) is 4. The second kappa shape index (κ2) is 5.90. The summed E-state index contributed by atoms with van der Waals surface area (Å²) in [6.45, 7) is 5.79. The molecule has 6 heteroatoms. The zero-order chi connectivity index (χ0) is 14.7. The van der Waals surface area contributed by atoms with E-state index in [0.29, 0.717) is 12.0 Å². The summed E-state index contributed by atoms with van der Waals surface area (Å²) in [6.07, 6.45) is 0.527. The number of aliphatic hydroxyl groups excluding tert-OH is 1. The Kier molecular flexibility index (Phi) is 4.95. The fourth-order valence-corrected chi connectivity index (χ4v) is 3.39. The van der Waals surface area contributed by atoms with E-state index in [0.717, 1.165) is 0 Å². The van der Waals surface area contributed by atoms with Crippen LogP contribution in [0.15, 0.2) is 23.1 Å². The molecule has 0 unspecified atom stereocenters. The van der Waals surface area contributed by atoms with Gasteiger partial charge >= 0.3 is 0 Å². The molecule has 1 rings (SSSR count). The first-order valence-electron chi connectivity index (χ1n) is 6.15. The van der Waals surface area contributed by atoms with Crippen LogP contribution in [0, 0.1) is 12.3 Å². The van der Waals surface area contributed by atoms with E-state index in [2.05, 4.69) is 4.72 Å². The van der Waals surface area contributed by atoms with Crippen LogP contribution in [0.5, 0.6) is 0 Å². The topological polar surface area (TPSA) is 92.4 Å². The quantitative estimate of drug-likeness (QED) is 0.687. The molecule has 0 aromatic heterocycles. The Morgan fingerprint density at radius 1 is 1.37 bits per heavy atom. The zero-order valence-electron chi connectivity index (χ0n) is 11.6. The summed E-state index contributed by atoms with van der Waals surface area (Å²) >= 11 is 0. The third-order valence-electron chi connectivity index (χ3n) is 3.04. The molecule has 0 aliphatic heterocycles. The third-order valence-corrected chi connectivity index (χ3v) is 4.66. The first kappa shape index (κ1) is 15.9. The molecule has 0 aliphatic carbocycles. The fourth-order valence-electron chi connectivity index (χ4n) is 1.80. The average molecular weight is 286 g/mol. The van der Waals surface area contributed by atoms with Crippen LogP contribution in [0.25, 0.3) is 0 Å². The molecule has 108 valence electrons. The maximum atomic E-state index is 12.3. The monoisotopic (exact) mass is 286 g/mol. The summed E-state index contributed by atoms with van der Waals surface area (Å²) in [7, 11) is -3.63. The van der Waals surface area contributed by atoms with Crippen molar-refractivity contribution in [1.29, 1.82) is 0 Å². The Hall–Kier alpha value is -1.11. The maximum absolute atomic E-state index is 12.3. The number of nitrogens with two attached hydrogens (primary N) is 1. The van der Waals surface area contributed by atoms with Crippen LogP contribution < -0.4 is 10.5 Å². The normalized spacial score (nSPS) is 12.6. The van der Waals surface area contributed by atoms with E-state index >= 15 is 0 Å². The molecule has 5 nitrogen and oxygen atoms in total. The summed E-state index contributed by atoms with van der Waals surface area (Å²) in [5, 5.41) is 8.94. The maximum Gasteiger partial charge on any atom is 0.242 e. The van der Waals surface area contributed by atoms with Gasteiger partial charge in [-0.25, -0.2) is 13.1 Å². The minimum absolute atomic E-state index is 0.0290. The predicted octanol–water partition coefficient (Wildman–Crippen LogP) is 1.26. The number of nitrogen functional groups attached to an aromatic ring is 1. The van der Waals surface area contributed by atoms with E-state index in [1.54, 1.807) is 25.1 Å². The van der Waals surface area contributed by atoms with Gasteiger partial charge in [0.2, 0.25) is 10.0 Å². The molecule has 0 bridgehead atoms. The molecular formula is C13H22N2O3S. The highest BCUT2D eigenvalue weighted by molar-refractivity contribution is 7.89. The summed E-state index contributed by atoms with van der Waals surface area (Å²) in [5.41, 5.74) is 6.30. The number of aliphatic hydroxyl groups is 1. The molecule has 0 atom stereocenters. The third kappa shape index (κ3) is 4.19. The molecule has 1 aromatic carbocycles. The van der Waals surface area contributed by atoms with Crippen molar-refractivity contribution in [3.63, 3.8) is 0 Å². The van der Waals surface area contributed by atoms with Gasteiger partial charge in [-0.1, -0.05) is 26.0 Å². The van der Waals surface area contributed by atoms with Gasteiger partial charge in [0, 0.05) is 13.2 Å². The minimum Gasteiger partial charge on any atom is -0.398 e. The van der Waals surface area contributed by atoms with Gasteiger partial charge in [-0.15, -0.1) is 0 Å². The SMILES string of the molecule is Cc1cccc(N)c1S(=O)(=O)NCC(C)(C)CCO. The number of rotatable bonds is 6. The van der Waals surface area contributed by atoms with Gasteiger partial charge in [0.25, 0.3) is 0 Å². The molecule has 19 heavy (non-hydrogen) atoms. The van der Waals surface area contributed by atoms with Crippen molar-refractivity contribution < 1.29 is 13.5 Å². The summed E-state index contributed by atoms with van der Waals surface area (Å²) in [5.74, 6) is 0. The van der Waals surface area contributed by atoms with Crippen molar-refractivity contribution >= 4 is 15.7 Å². The Morgan fingerprint density at radius 3 is 2.53 bits per heavy atom. The lowest BCUT2D eigenvalue weighted by molar-refractivity contribution is 0.213. The second-order valence-corrected chi connectivity index (χ2v) is 7.16. The number of hydrogen-bond donors (Lipinski definition) is 3. The molecular weight excluding hydrogens is 264 g/mol. The molecule has 0 spiro atoms. The molecule has 0 saturated heterocycles. The molecule has 0 radical (unpaired) electrons. The standard InChI is InChI=1S/C13H22N2O3S/c1-10-5-4-6-11(14)12(10)19(17,18)15-9-13(2,3)7-8-16/h4-6,15-16H,7-9,14H2,1-3H3. The first-order chi connectivity index (χ1) is 8.69. The second-order valence-electron chi connectivity index (χ2n) is 5.46. The largest absolute Gasteiger partial charge is 0.398 e. The molecule has 4 N–H and O–H groups in total. The van der Waals surface area contributed by atoms with Crippen LogP contribution in [0.2, 0.25) is 0 Å². The Balaban J connectivity index is 2.94. The van der Waals surface area contributed by atoms with Crippen LogP contribution >= 0.6 is 0 Å². The van der Waals surface area contributed by atoms with E-state index in [1.165, 1.54) is 0 Å². The van der Waals surface area contributed by atoms with E-state index in [9.17, 15) is 8.42 Å². The molecule has 1 aromatic rings. The van der Waals surface area contributed by atoms with Crippen molar-refractivity contribution in [2.24, 2.45) is 5.41 Å². The number of nitrogens with one attached hydrogen (secondary N) is 1. The first-order valence-corrected chi connectivity index (χ1v) is 7.63. The number of anilines is 1. The van der Waals surface area contributed by atoms with Crippen molar-refractivity contribution in [3.8, 4) is 0 Å². The Labute approximate surface area is 114 Å². The van der Waals surface area contributed by atoms with Gasteiger partial charge in [0.15, 0.2) is 0 Å². The summed E-state index contributed by atoms with van der Waals surface area (Å²) in [4.78, 5) is 0.134. The van der Waals surface area contributed by atoms with E-state index in [1.807, 2.05) is 13.8 Å². The van der Waals surface area contributed by atoms with E-state index < -0.39 is 10.0 Å². The Bertz CT molecular complexity index is 519. The predicted molar refractivity (Wildman–Crippen MR) is 76.3 cm³/mol. The lowest BCUT2D eigenvalue weighted by Crippen LogP contribution is -2.35. The van der Waals surface area contributed by atoms with E-state index in [4.69, 9.17) is 10.8 Å². The molecule has 0 amide bonds. The van der Waals surface area contributed by atoms with E-state index in [-0.39, 0.29) is 29.1 Å². The number of sulfonamides is 1. The lowest BCUT2D eigenvalue weighted by atomic mass is 9.90. The smallest absolute Gasteiger partial charge is 0.242 e. The van der Waals surface area contributed by atoms with Crippen LogP contribution in [-0.4, -0.2) is 26.7 Å². The minimum atomic E-state index is -3.63. The average Bonchev–Trinajstić information content (AvgIpc) is 2.26.